The van der Waals surface area contributed by atoms with E-state index in [1.807, 2.05) is 6.07 Å². The number of hydrogen-bond donors (Lipinski definition) is 1. The Morgan fingerprint density at radius 1 is 1.14 bits per heavy atom. The van der Waals surface area contributed by atoms with Crippen LogP contribution in [0, 0.1) is 11.8 Å². The van der Waals surface area contributed by atoms with Gasteiger partial charge in [0, 0.05) is 22.0 Å². The normalized spacial score (nSPS) is 23.8. The fourth-order valence-corrected chi connectivity index (χ4v) is 5.52. The van der Waals surface area contributed by atoms with Crippen molar-refractivity contribution in [3.8, 4) is 0 Å². The van der Waals surface area contributed by atoms with Gasteiger partial charge in [-0.1, -0.05) is 34.5 Å². The summed E-state index contributed by atoms with van der Waals surface area (Å²) in [6.07, 6.45) is 11.5. The van der Waals surface area contributed by atoms with E-state index in [-0.39, 0.29) is 5.91 Å². The highest BCUT2D eigenvalue weighted by atomic mass is 79.9. The van der Waals surface area contributed by atoms with Gasteiger partial charge in [-0.15, -0.1) is 0 Å². The molecule has 0 radical (unpaired) electrons. The molecule has 162 valence electrons. The van der Waals surface area contributed by atoms with Gasteiger partial charge in [-0.2, -0.15) is 0 Å². The van der Waals surface area contributed by atoms with Crippen LogP contribution in [-0.2, 0) is 11.2 Å². The van der Waals surface area contributed by atoms with Crippen LogP contribution >= 0.6 is 27.5 Å². The second kappa shape index (κ2) is 11.7. The summed E-state index contributed by atoms with van der Waals surface area (Å²) in [6, 6.07) is 6.55. The van der Waals surface area contributed by atoms with Crippen LogP contribution in [0.4, 0.5) is 0 Å². The first-order chi connectivity index (χ1) is 14.0. The average molecular weight is 484 g/mol. The fraction of sp³-hybridized carbons (Fsp3) is 0.708. The Bertz CT molecular complexity index is 652. The molecule has 1 amide bonds. The van der Waals surface area contributed by atoms with Crippen LogP contribution in [0.1, 0.15) is 70.3 Å². The number of rotatable bonds is 8. The van der Waals surface area contributed by atoms with E-state index in [2.05, 4.69) is 45.2 Å². The molecule has 1 saturated carbocycles. The first-order valence-corrected chi connectivity index (χ1v) is 12.7. The van der Waals surface area contributed by atoms with Gasteiger partial charge in [-0.3, -0.25) is 4.79 Å². The third kappa shape index (κ3) is 7.56. The molecule has 0 aromatic heterocycles. The van der Waals surface area contributed by atoms with Crippen molar-refractivity contribution in [2.24, 2.45) is 11.8 Å². The second-order valence-electron chi connectivity index (χ2n) is 9.05. The average Bonchev–Trinajstić information content (AvgIpc) is 2.71. The van der Waals surface area contributed by atoms with E-state index < -0.39 is 0 Å². The van der Waals surface area contributed by atoms with Gasteiger partial charge in [0.25, 0.3) is 0 Å². The third-order valence-corrected chi connectivity index (χ3v) is 7.77. The van der Waals surface area contributed by atoms with Crippen molar-refractivity contribution in [1.82, 2.24) is 10.2 Å². The van der Waals surface area contributed by atoms with Crippen LogP contribution in [0.2, 0.25) is 5.02 Å². The molecule has 0 bridgehead atoms. The van der Waals surface area contributed by atoms with E-state index >= 15 is 0 Å². The number of hydrogen-bond acceptors (Lipinski definition) is 2. The predicted molar refractivity (Wildman–Crippen MR) is 125 cm³/mol. The van der Waals surface area contributed by atoms with Crippen LogP contribution < -0.4 is 5.32 Å². The molecular weight excluding hydrogens is 448 g/mol. The molecule has 2 aliphatic rings. The number of piperidine rings is 1. The lowest BCUT2D eigenvalue weighted by molar-refractivity contribution is -0.122. The minimum Gasteiger partial charge on any atom is -0.353 e. The highest BCUT2D eigenvalue weighted by Crippen LogP contribution is 2.30. The van der Waals surface area contributed by atoms with Crippen molar-refractivity contribution >= 4 is 33.4 Å². The summed E-state index contributed by atoms with van der Waals surface area (Å²) in [7, 11) is 0. The lowest BCUT2D eigenvalue weighted by atomic mass is 9.83. The van der Waals surface area contributed by atoms with Crippen LogP contribution in [0.3, 0.4) is 0 Å². The Kier molecular flexibility index (Phi) is 9.33. The van der Waals surface area contributed by atoms with Gasteiger partial charge in [0.15, 0.2) is 0 Å². The van der Waals surface area contributed by atoms with Crippen molar-refractivity contribution in [3.05, 3.63) is 33.3 Å². The molecule has 0 atom stereocenters. The highest BCUT2D eigenvalue weighted by molar-refractivity contribution is 9.10. The molecular formula is C24H36BrClN2O. The van der Waals surface area contributed by atoms with Gasteiger partial charge in [0.05, 0.1) is 0 Å². The number of nitrogens with one attached hydrogen (secondary N) is 1. The van der Waals surface area contributed by atoms with E-state index in [0.29, 0.717) is 12.5 Å². The summed E-state index contributed by atoms with van der Waals surface area (Å²) >= 11 is 9.84. The van der Waals surface area contributed by atoms with E-state index in [4.69, 9.17) is 11.6 Å². The predicted octanol–water partition coefficient (Wildman–Crippen LogP) is 6.22. The molecule has 1 aromatic carbocycles. The molecule has 5 heteroatoms. The maximum atomic E-state index is 11.8. The maximum absolute atomic E-state index is 11.8. The first kappa shape index (κ1) is 23.1. The zero-order valence-electron chi connectivity index (χ0n) is 17.8. The summed E-state index contributed by atoms with van der Waals surface area (Å²) in [4.78, 5) is 14.4. The summed E-state index contributed by atoms with van der Waals surface area (Å²) < 4.78 is 1.19. The van der Waals surface area contributed by atoms with Crippen molar-refractivity contribution < 1.29 is 4.79 Å². The van der Waals surface area contributed by atoms with Crippen molar-refractivity contribution in [2.75, 3.05) is 19.6 Å². The number of benzene rings is 1. The Morgan fingerprint density at radius 2 is 1.86 bits per heavy atom. The van der Waals surface area contributed by atoms with Crippen molar-refractivity contribution in [1.29, 1.82) is 0 Å². The summed E-state index contributed by atoms with van der Waals surface area (Å²) in [5.41, 5.74) is 1.35. The number of carbonyl (C=O) groups excluding carboxylic acids is 1. The standard InChI is InChI=1S/C24H36BrClN2O/c1-2-3-24(29)27-22-7-4-18(5-8-22)10-13-28-14-11-19(12-15-28)16-20-17-21(26)6-9-23(20)25/h6,9,17-19,22H,2-5,7-8,10-16H2,1H3,(H,27,29). The Labute approximate surface area is 190 Å². The number of amides is 1. The van der Waals surface area contributed by atoms with Crippen LogP contribution in [0.5, 0.6) is 0 Å². The molecule has 3 nitrogen and oxygen atoms in total. The number of halogens is 2. The minimum absolute atomic E-state index is 0.239. The van der Waals surface area contributed by atoms with Crippen molar-refractivity contribution in [2.45, 2.75) is 77.2 Å². The SMILES string of the molecule is CCCC(=O)NC1CCC(CCN2CCC(Cc3cc(Cl)ccc3Br)CC2)CC1. The quantitative estimate of drug-likeness (QED) is 0.476. The molecule has 1 aliphatic carbocycles. The van der Waals surface area contributed by atoms with E-state index in [9.17, 15) is 4.79 Å². The van der Waals surface area contributed by atoms with E-state index in [1.165, 1.54) is 61.8 Å². The van der Waals surface area contributed by atoms with Gasteiger partial charge in [0.2, 0.25) is 5.91 Å². The van der Waals surface area contributed by atoms with Gasteiger partial charge >= 0.3 is 0 Å². The van der Waals surface area contributed by atoms with Crippen molar-refractivity contribution in [3.63, 3.8) is 0 Å². The molecule has 0 unspecified atom stereocenters. The first-order valence-electron chi connectivity index (χ1n) is 11.5. The number of likely N-dealkylation sites (tertiary alicyclic amines) is 1. The lowest BCUT2D eigenvalue weighted by Crippen LogP contribution is -2.39. The Balaban J connectivity index is 1.31. The molecule has 29 heavy (non-hydrogen) atoms. The van der Waals surface area contributed by atoms with Gasteiger partial charge in [-0.05, 0) is 113 Å². The molecule has 2 fully saturated rings. The molecule has 1 N–H and O–H groups in total. The molecule has 3 rings (SSSR count). The fourth-order valence-electron chi connectivity index (χ4n) is 4.91. The maximum Gasteiger partial charge on any atom is 0.220 e. The monoisotopic (exact) mass is 482 g/mol. The van der Waals surface area contributed by atoms with E-state index in [0.717, 1.165) is 42.5 Å². The molecule has 1 aliphatic heterocycles. The Hall–Kier alpha value is -0.580. The smallest absolute Gasteiger partial charge is 0.220 e. The van der Waals surface area contributed by atoms with E-state index in [1.54, 1.807) is 0 Å². The van der Waals surface area contributed by atoms with Crippen LogP contribution in [0.15, 0.2) is 22.7 Å². The summed E-state index contributed by atoms with van der Waals surface area (Å²) in [5, 5.41) is 4.05. The minimum atomic E-state index is 0.239. The molecule has 1 aromatic rings. The third-order valence-electron chi connectivity index (χ3n) is 6.77. The van der Waals surface area contributed by atoms with Gasteiger partial charge < -0.3 is 10.2 Å². The lowest BCUT2D eigenvalue weighted by Gasteiger charge is -2.34. The largest absolute Gasteiger partial charge is 0.353 e. The molecule has 1 heterocycles. The van der Waals surface area contributed by atoms with Gasteiger partial charge in [-0.25, -0.2) is 0 Å². The van der Waals surface area contributed by atoms with Crippen LogP contribution in [0.25, 0.3) is 0 Å². The van der Waals surface area contributed by atoms with Crippen LogP contribution in [-0.4, -0.2) is 36.5 Å². The molecule has 0 spiro atoms. The summed E-state index contributed by atoms with van der Waals surface area (Å²) in [5.74, 6) is 1.85. The second-order valence-corrected chi connectivity index (χ2v) is 10.3. The number of carbonyl (C=O) groups is 1. The van der Waals surface area contributed by atoms with Gasteiger partial charge in [0.1, 0.15) is 0 Å². The molecule has 1 saturated heterocycles. The zero-order valence-corrected chi connectivity index (χ0v) is 20.1. The topological polar surface area (TPSA) is 32.3 Å². The number of nitrogens with zero attached hydrogens (tertiary/aromatic N) is 1. The summed E-state index contributed by atoms with van der Waals surface area (Å²) in [6.45, 7) is 5.76. The highest BCUT2D eigenvalue weighted by Gasteiger charge is 2.24. The zero-order chi connectivity index (χ0) is 20.6. The Morgan fingerprint density at radius 3 is 2.55 bits per heavy atom.